The fraction of sp³-hybridized carbons (Fsp3) is 0.778. The Morgan fingerprint density at radius 3 is 3.08 bits per heavy atom. The molecule has 72 valence electrons. The third-order valence-electron chi connectivity index (χ3n) is 2.38. The van der Waals surface area contributed by atoms with Crippen LogP contribution in [0.4, 0.5) is 4.79 Å². The van der Waals surface area contributed by atoms with Gasteiger partial charge in [-0.2, -0.15) is 5.26 Å². The minimum absolute atomic E-state index is 0.0810. The molecule has 13 heavy (non-hydrogen) atoms. The number of rotatable bonds is 2. The van der Waals surface area contributed by atoms with Gasteiger partial charge in [0, 0.05) is 12.5 Å². The minimum Gasteiger partial charge on any atom is -0.449 e. The fourth-order valence-electron chi connectivity index (χ4n) is 1.41. The van der Waals surface area contributed by atoms with E-state index < -0.39 is 0 Å². The van der Waals surface area contributed by atoms with Gasteiger partial charge in [-0.3, -0.25) is 4.90 Å². The number of carbonyl (C=O) groups excluding carboxylic acids is 1. The third-order valence-corrected chi connectivity index (χ3v) is 2.38. The van der Waals surface area contributed by atoms with E-state index in [4.69, 9.17) is 10.00 Å². The van der Waals surface area contributed by atoms with Gasteiger partial charge in [-0.15, -0.1) is 0 Å². The Kier molecular flexibility index (Phi) is 3.13. The fourth-order valence-corrected chi connectivity index (χ4v) is 1.41. The average molecular weight is 182 g/mol. The van der Waals surface area contributed by atoms with Crippen LogP contribution in [0.2, 0.25) is 0 Å². The summed E-state index contributed by atoms with van der Waals surface area (Å²) in [6.07, 6.45) is 1.10. The first-order chi connectivity index (χ1) is 6.20. The van der Waals surface area contributed by atoms with Crippen LogP contribution in [0.5, 0.6) is 0 Å². The van der Waals surface area contributed by atoms with Gasteiger partial charge < -0.3 is 4.74 Å². The number of cyclic esters (lactones) is 1. The Bertz CT molecular complexity index is 234. The highest BCUT2D eigenvalue weighted by Crippen LogP contribution is 2.17. The minimum atomic E-state index is -0.354. The monoisotopic (exact) mass is 182 g/mol. The molecule has 0 aromatic heterocycles. The zero-order chi connectivity index (χ0) is 9.84. The molecule has 0 N–H and O–H groups in total. The van der Waals surface area contributed by atoms with E-state index in [-0.39, 0.29) is 18.2 Å². The van der Waals surface area contributed by atoms with Gasteiger partial charge in [0.25, 0.3) is 0 Å². The van der Waals surface area contributed by atoms with Crippen molar-refractivity contribution in [1.82, 2.24) is 4.90 Å². The number of carbonyl (C=O) groups is 1. The summed E-state index contributed by atoms with van der Waals surface area (Å²) in [7, 11) is 0. The molecule has 0 radical (unpaired) electrons. The van der Waals surface area contributed by atoms with Gasteiger partial charge in [0.1, 0.15) is 6.04 Å². The lowest BCUT2D eigenvalue weighted by atomic mass is 10.1. The molecule has 1 heterocycles. The van der Waals surface area contributed by atoms with Crippen LogP contribution < -0.4 is 0 Å². The van der Waals surface area contributed by atoms with Crippen LogP contribution in [0.15, 0.2) is 0 Å². The summed E-state index contributed by atoms with van der Waals surface area (Å²) in [5.41, 5.74) is 0. The van der Waals surface area contributed by atoms with Gasteiger partial charge in [-0.1, -0.05) is 6.92 Å². The molecule has 1 aliphatic rings. The van der Waals surface area contributed by atoms with E-state index in [9.17, 15) is 4.79 Å². The molecule has 4 heteroatoms. The Balaban J connectivity index is 2.74. The Labute approximate surface area is 78.1 Å². The third kappa shape index (κ3) is 1.92. The molecule has 1 rings (SSSR count). The van der Waals surface area contributed by atoms with Crippen molar-refractivity contribution < 1.29 is 9.53 Å². The second kappa shape index (κ2) is 4.13. The molecular weight excluding hydrogens is 168 g/mol. The number of amides is 1. The van der Waals surface area contributed by atoms with Crippen molar-refractivity contribution in [2.75, 3.05) is 6.61 Å². The van der Waals surface area contributed by atoms with E-state index in [0.717, 1.165) is 6.42 Å². The number of ether oxygens (including phenoxy) is 1. The highest BCUT2D eigenvalue weighted by atomic mass is 16.6. The van der Waals surface area contributed by atoms with E-state index >= 15 is 0 Å². The highest BCUT2D eigenvalue weighted by Gasteiger charge is 2.32. The van der Waals surface area contributed by atoms with Crippen LogP contribution in [0, 0.1) is 11.3 Å². The van der Waals surface area contributed by atoms with Gasteiger partial charge in [0.15, 0.2) is 0 Å². The van der Waals surface area contributed by atoms with Crippen LogP contribution in [0.3, 0.4) is 0 Å². The molecule has 1 amide bonds. The predicted octanol–water partition coefficient (Wildman–Crippen LogP) is 1.52. The van der Waals surface area contributed by atoms with Crippen LogP contribution >= 0.6 is 0 Å². The molecule has 0 aliphatic carbocycles. The number of nitrogens with zero attached hydrogens (tertiary/aromatic N) is 2. The van der Waals surface area contributed by atoms with E-state index in [1.807, 2.05) is 13.8 Å². The number of hydrogen-bond donors (Lipinski definition) is 0. The van der Waals surface area contributed by atoms with Crippen molar-refractivity contribution in [2.45, 2.75) is 38.8 Å². The molecule has 0 saturated carbocycles. The lowest BCUT2D eigenvalue weighted by Gasteiger charge is -2.34. The molecule has 0 aromatic carbocycles. The summed E-state index contributed by atoms with van der Waals surface area (Å²) in [5.74, 6) is 0. The maximum absolute atomic E-state index is 11.3. The molecule has 1 fully saturated rings. The summed E-state index contributed by atoms with van der Waals surface area (Å²) in [6, 6.07) is 1.90. The van der Waals surface area contributed by atoms with E-state index in [0.29, 0.717) is 13.0 Å². The smallest absolute Gasteiger partial charge is 0.411 e. The van der Waals surface area contributed by atoms with Crippen molar-refractivity contribution in [2.24, 2.45) is 0 Å². The van der Waals surface area contributed by atoms with Crippen LogP contribution in [-0.2, 0) is 4.74 Å². The van der Waals surface area contributed by atoms with Crippen molar-refractivity contribution in [1.29, 1.82) is 5.26 Å². The largest absolute Gasteiger partial charge is 0.449 e. The first-order valence-corrected chi connectivity index (χ1v) is 4.55. The first-order valence-electron chi connectivity index (χ1n) is 4.55. The zero-order valence-electron chi connectivity index (χ0n) is 7.99. The molecule has 1 saturated heterocycles. The van der Waals surface area contributed by atoms with Crippen LogP contribution in [0.1, 0.15) is 26.7 Å². The second-order valence-electron chi connectivity index (χ2n) is 3.21. The molecule has 0 bridgehead atoms. The average Bonchev–Trinajstić information content (AvgIpc) is 2.16. The highest BCUT2D eigenvalue weighted by molar-refractivity contribution is 5.69. The van der Waals surface area contributed by atoms with Gasteiger partial charge in [0.05, 0.1) is 12.7 Å². The maximum atomic E-state index is 11.3. The number of nitriles is 1. The van der Waals surface area contributed by atoms with Crippen molar-refractivity contribution in [3.05, 3.63) is 0 Å². The van der Waals surface area contributed by atoms with Crippen molar-refractivity contribution >= 4 is 6.09 Å². The summed E-state index contributed by atoms with van der Waals surface area (Å²) < 4.78 is 4.88. The summed E-state index contributed by atoms with van der Waals surface area (Å²) in [4.78, 5) is 12.8. The van der Waals surface area contributed by atoms with E-state index in [1.165, 1.54) is 4.90 Å². The van der Waals surface area contributed by atoms with E-state index in [2.05, 4.69) is 6.07 Å². The maximum Gasteiger partial charge on any atom is 0.411 e. The molecule has 0 spiro atoms. The van der Waals surface area contributed by atoms with E-state index in [1.54, 1.807) is 0 Å². The predicted molar refractivity (Wildman–Crippen MR) is 47.0 cm³/mol. The summed E-state index contributed by atoms with van der Waals surface area (Å²) in [6.45, 7) is 4.28. The molecule has 2 atom stereocenters. The van der Waals surface area contributed by atoms with Crippen molar-refractivity contribution in [3.63, 3.8) is 0 Å². The lowest BCUT2D eigenvalue weighted by Crippen LogP contribution is -2.49. The Hall–Kier alpha value is -1.24. The molecule has 2 unspecified atom stereocenters. The topological polar surface area (TPSA) is 53.3 Å². The quantitative estimate of drug-likeness (QED) is 0.650. The SMILES string of the molecule is CCC(C)N1C(=O)OCCC1C#N. The van der Waals surface area contributed by atoms with Crippen LogP contribution in [-0.4, -0.2) is 29.7 Å². The number of hydrogen-bond acceptors (Lipinski definition) is 3. The standard InChI is InChI=1S/C9H14N2O2/c1-3-7(2)11-8(6-10)4-5-13-9(11)12/h7-8H,3-5H2,1-2H3. The summed E-state index contributed by atoms with van der Waals surface area (Å²) >= 11 is 0. The Morgan fingerprint density at radius 1 is 1.85 bits per heavy atom. The Morgan fingerprint density at radius 2 is 2.54 bits per heavy atom. The normalized spacial score (nSPS) is 24.8. The van der Waals surface area contributed by atoms with Gasteiger partial charge in [-0.05, 0) is 13.3 Å². The molecule has 1 aliphatic heterocycles. The lowest BCUT2D eigenvalue weighted by molar-refractivity contribution is 0.0411. The first kappa shape index (κ1) is 9.85. The van der Waals surface area contributed by atoms with Crippen LogP contribution in [0.25, 0.3) is 0 Å². The van der Waals surface area contributed by atoms with Gasteiger partial charge in [-0.25, -0.2) is 4.79 Å². The zero-order valence-corrected chi connectivity index (χ0v) is 7.99. The second-order valence-corrected chi connectivity index (χ2v) is 3.21. The molecular formula is C9H14N2O2. The molecule has 0 aromatic rings. The van der Waals surface area contributed by atoms with Gasteiger partial charge in [0.2, 0.25) is 0 Å². The molecule has 4 nitrogen and oxygen atoms in total. The van der Waals surface area contributed by atoms with Gasteiger partial charge >= 0.3 is 6.09 Å². The van der Waals surface area contributed by atoms with Crippen molar-refractivity contribution in [3.8, 4) is 6.07 Å². The summed E-state index contributed by atoms with van der Waals surface area (Å²) in [5, 5.41) is 8.82.